The van der Waals surface area contributed by atoms with E-state index in [-0.39, 0.29) is 18.9 Å². The number of anilines is 4. The molecule has 2 atom stereocenters. The molecule has 0 unspecified atom stereocenters. The minimum Gasteiger partial charge on any atom is -0.324 e. The van der Waals surface area contributed by atoms with Crippen LogP contribution in [0.5, 0.6) is 0 Å². The number of amides is 1. The van der Waals surface area contributed by atoms with Gasteiger partial charge in [-0.15, -0.1) is 5.10 Å². The van der Waals surface area contributed by atoms with Crippen LogP contribution in [-0.2, 0) is 4.79 Å². The Morgan fingerprint density at radius 1 is 1.24 bits per heavy atom. The molecule has 5 heterocycles. The standard InChI is InChI=1S/C22H21F2N9O/c23-13-8-17(21(34)26-14-5-6-18(24)25-10-14)32(11-13)22-28-20(16-2-1-7-33(16)31-22)27-19-9-15(29-30-19)12-3-4-12/h1-2,5-7,9-10,12-13,17H,3-4,8,11H2,(H,26,34)(H2,27,28,29,30,31)/t13-,17-/m0/s1. The summed E-state index contributed by atoms with van der Waals surface area (Å²) in [5.41, 5.74) is 2.12. The maximum atomic E-state index is 14.5. The molecular formula is C22H21F2N9O. The first-order chi connectivity index (χ1) is 16.5. The molecule has 1 saturated carbocycles. The first kappa shape index (κ1) is 20.5. The highest BCUT2D eigenvalue weighted by Gasteiger charge is 2.39. The topological polar surface area (TPSA) is 116 Å². The Morgan fingerprint density at radius 3 is 2.91 bits per heavy atom. The number of nitrogens with one attached hydrogen (secondary N) is 3. The molecular weight excluding hydrogens is 444 g/mol. The van der Waals surface area contributed by atoms with E-state index < -0.39 is 24.1 Å². The highest BCUT2D eigenvalue weighted by molar-refractivity contribution is 5.97. The normalized spacial score (nSPS) is 20.1. The van der Waals surface area contributed by atoms with Crippen molar-refractivity contribution in [2.75, 3.05) is 22.1 Å². The third-order valence-electron chi connectivity index (χ3n) is 6.05. The number of hydrogen-bond donors (Lipinski definition) is 3. The van der Waals surface area contributed by atoms with E-state index in [1.807, 2.05) is 18.2 Å². The zero-order valence-corrected chi connectivity index (χ0v) is 17.9. The molecule has 12 heteroatoms. The highest BCUT2D eigenvalue weighted by Crippen LogP contribution is 2.39. The quantitative estimate of drug-likeness (QED) is 0.375. The molecule has 10 nitrogen and oxygen atoms in total. The van der Waals surface area contributed by atoms with Crippen LogP contribution in [0.25, 0.3) is 5.52 Å². The summed E-state index contributed by atoms with van der Waals surface area (Å²) in [7, 11) is 0. The van der Waals surface area contributed by atoms with E-state index in [2.05, 4.69) is 35.9 Å². The molecule has 0 radical (unpaired) electrons. The fraction of sp³-hybridized carbons (Fsp3) is 0.318. The number of hydrogen-bond acceptors (Lipinski definition) is 7. The molecule has 34 heavy (non-hydrogen) atoms. The molecule has 0 spiro atoms. The van der Waals surface area contributed by atoms with Gasteiger partial charge in [-0.3, -0.25) is 9.89 Å². The molecule has 1 aliphatic heterocycles. The number of halogens is 2. The van der Waals surface area contributed by atoms with E-state index in [4.69, 9.17) is 0 Å². The molecule has 0 bridgehead atoms. The summed E-state index contributed by atoms with van der Waals surface area (Å²) < 4.78 is 29.2. The van der Waals surface area contributed by atoms with E-state index in [1.54, 1.807) is 15.6 Å². The monoisotopic (exact) mass is 465 g/mol. The van der Waals surface area contributed by atoms with Crippen molar-refractivity contribution < 1.29 is 13.6 Å². The van der Waals surface area contributed by atoms with Gasteiger partial charge in [0.25, 0.3) is 0 Å². The van der Waals surface area contributed by atoms with Crippen LogP contribution in [0.15, 0.2) is 42.7 Å². The van der Waals surface area contributed by atoms with Crippen molar-refractivity contribution in [2.24, 2.45) is 0 Å². The van der Waals surface area contributed by atoms with Crippen LogP contribution in [-0.4, -0.2) is 54.4 Å². The second kappa shape index (κ2) is 8.04. The molecule has 3 N–H and O–H groups in total. The minimum atomic E-state index is -1.23. The smallest absolute Gasteiger partial charge is 0.247 e. The number of carbonyl (C=O) groups excluding carboxylic acids is 1. The minimum absolute atomic E-state index is 0.0135. The Balaban J connectivity index is 1.29. The average molecular weight is 465 g/mol. The van der Waals surface area contributed by atoms with Crippen molar-refractivity contribution in [3.63, 3.8) is 0 Å². The molecule has 174 valence electrons. The second-order valence-electron chi connectivity index (χ2n) is 8.57. The van der Waals surface area contributed by atoms with Gasteiger partial charge in [-0.05, 0) is 37.1 Å². The lowest BCUT2D eigenvalue weighted by Gasteiger charge is -2.24. The Bertz CT molecular complexity index is 1350. The van der Waals surface area contributed by atoms with E-state index in [0.717, 1.165) is 24.6 Å². The number of aromatic amines is 1. The van der Waals surface area contributed by atoms with Crippen molar-refractivity contribution >= 4 is 34.7 Å². The van der Waals surface area contributed by atoms with E-state index >= 15 is 0 Å². The highest BCUT2D eigenvalue weighted by atomic mass is 19.1. The van der Waals surface area contributed by atoms with Crippen LogP contribution in [0.3, 0.4) is 0 Å². The molecule has 6 rings (SSSR count). The van der Waals surface area contributed by atoms with Crippen molar-refractivity contribution in [1.29, 1.82) is 0 Å². The van der Waals surface area contributed by atoms with Crippen LogP contribution in [0.2, 0.25) is 0 Å². The van der Waals surface area contributed by atoms with Crippen LogP contribution < -0.4 is 15.5 Å². The molecule has 4 aromatic rings. The fourth-order valence-electron chi connectivity index (χ4n) is 4.19. The lowest BCUT2D eigenvalue weighted by Crippen LogP contribution is -2.41. The molecule has 2 fully saturated rings. The molecule has 1 amide bonds. The summed E-state index contributed by atoms with van der Waals surface area (Å²) in [5.74, 6) is 0.755. The summed E-state index contributed by atoms with van der Waals surface area (Å²) in [4.78, 5) is 22.7. The van der Waals surface area contributed by atoms with Crippen molar-refractivity contribution in [1.82, 2.24) is 29.8 Å². The van der Waals surface area contributed by atoms with Gasteiger partial charge in [0.2, 0.25) is 17.8 Å². The molecule has 1 saturated heterocycles. The van der Waals surface area contributed by atoms with Gasteiger partial charge in [-0.2, -0.15) is 14.5 Å². The van der Waals surface area contributed by atoms with Crippen molar-refractivity contribution in [2.45, 2.75) is 37.4 Å². The van der Waals surface area contributed by atoms with Gasteiger partial charge in [-0.25, -0.2) is 13.9 Å². The Kier molecular flexibility index (Phi) is 4.85. The van der Waals surface area contributed by atoms with Crippen LogP contribution >= 0.6 is 0 Å². The van der Waals surface area contributed by atoms with Gasteiger partial charge < -0.3 is 15.5 Å². The van der Waals surface area contributed by atoms with Crippen molar-refractivity contribution in [3.05, 3.63) is 54.4 Å². The second-order valence-corrected chi connectivity index (χ2v) is 8.57. The third-order valence-corrected chi connectivity index (χ3v) is 6.05. The molecule has 1 aliphatic carbocycles. The van der Waals surface area contributed by atoms with Gasteiger partial charge >= 0.3 is 0 Å². The predicted molar refractivity (Wildman–Crippen MR) is 120 cm³/mol. The predicted octanol–water partition coefficient (Wildman–Crippen LogP) is 3.16. The van der Waals surface area contributed by atoms with Gasteiger partial charge in [0.1, 0.15) is 17.7 Å². The lowest BCUT2D eigenvalue weighted by atomic mass is 10.2. The maximum absolute atomic E-state index is 14.5. The van der Waals surface area contributed by atoms with Crippen LogP contribution in [0, 0.1) is 5.95 Å². The van der Waals surface area contributed by atoms with Crippen molar-refractivity contribution in [3.8, 4) is 0 Å². The number of pyridine rings is 1. The maximum Gasteiger partial charge on any atom is 0.247 e. The third kappa shape index (κ3) is 3.91. The first-order valence-electron chi connectivity index (χ1n) is 11.0. The average Bonchev–Trinajstić information content (AvgIpc) is 3.20. The number of aromatic nitrogens is 6. The van der Waals surface area contributed by atoms with Gasteiger partial charge in [0.15, 0.2) is 11.6 Å². The number of H-pyrrole nitrogens is 1. The molecule has 2 aliphatic rings. The zero-order chi connectivity index (χ0) is 23.2. The molecule has 0 aromatic carbocycles. The Morgan fingerprint density at radius 2 is 2.12 bits per heavy atom. The summed E-state index contributed by atoms with van der Waals surface area (Å²) in [6, 6.07) is 7.34. The first-order valence-corrected chi connectivity index (χ1v) is 11.0. The van der Waals surface area contributed by atoms with Gasteiger partial charge in [0.05, 0.1) is 18.4 Å². The summed E-state index contributed by atoms with van der Waals surface area (Å²) in [6.45, 7) is -0.0276. The number of fused-ring (bicyclic) bond motifs is 1. The van der Waals surface area contributed by atoms with Crippen LogP contribution in [0.4, 0.5) is 32.1 Å². The SMILES string of the molecule is O=C(Nc1ccc(F)nc1)[C@@H]1C[C@H](F)CN1c1nc(Nc2cc(C3CC3)[nH]n2)c2cccn2n1. The van der Waals surface area contributed by atoms with E-state index in [0.29, 0.717) is 28.8 Å². The summed E-state index contributed by atoms with van der Waals surface area (Å²) in [6.07, 6.45) is 4.03. The Labute approximate surface area is 192 Å². The lowest BCUT2D eigenvalue weighted by molar-refractivity contribution is -0.117. The summed E-state index contributed by atoms with van der Waals surface area (Å²) >= 11 is 0. The number of alkyl halides is 1. The summed E-state index contributed by atoms with van der Waals surface area (Å²) in [5, 5.41) is 17.8. The Hall–Kier alpha value is -4.09. The number of carbonyl (C=O) groups is 1. The van der Waals surface area contributed by atoms with E-state index in [9.17, 15) is 13.6 Å². The molecule has 4 aromatic heterocycles. The zero-order valence-electron chi connectivity index (χ0n) is 17.9. The number of rotatable bonds is 6. The van der Waals surface area contributed by atoms with E-state index in [1.165, 1.54) is 12.3 Å². The van der Waals surface area contributed by atoms with Gasteiger partial charge in [0, 0.05) is 30.3 Å². The fourth-order valence-corrected chi connectivity index (χ4v) is 4.19. The van der Waals surface area contributed by atoms with Gasteiger partial charge in [-0.1, -0.05) is 0 Å². The largest absolute Gasteiger partial charge is 0.324 e. The number of nitrogens with zero attached hydrogens (tertiary/aromatic N) is 6. The van der Waals surface area contributed by atoms with Crippen LogP contribution in [0.1, 0.15) is 30.9 Å².